The molecule has 0 N–H and O–H groups in total. The molecular weight excluding hydrogens is 1180 g/mol. The van der Waals surface area contributed by atoms with Crippen molar-refractivity contribution in [2.75, 3.05) is 59.1 Å². The summed E-state index contributed by atoms with van der Waals surface area (Å²) in [5, 5.41) is 5.43. The monoisotopic (exact) mass is 1320 g/mol. The van der Waals surface area contributed by atoms with E-state index in [-0.39, 0.29) is 16.0 Å². The van der Waals surface area contributed by atoms with Crippen molar-refractivity contribution >= 4 is 43.4 Å². The normalized spacial score (nSPS) is 12.6. The number of esters is 1. The van der Waals surface area contributed by atoms with Crippen molar-refractivity contribution in [1.29, 1.82) is 0 Å². The molecule has 0 saturated heterocycles. The summed E-state index contributed by atoms with van der Waals surface area (Å²) in [6, 6.07) is 44.5. The van der Waals surface area contributed by atoms with Gasteiger partial charge < -0.3 is 23.4 Å². The summed E-state index contributed by atoms with van der Waals surface area (Å²) in [6.07, 6.45) is 57.2. The summed E-state index contributed by atoms with van der Waals surface area (Å²) in [5.74, 6) is -0.00367. The highest BCUT2D eigenvalue weighted by Gasteiger charge is 2.51. The van der Waals surface area contributed by atoms with Gasteiger partial charge in [-0.05, 0) is 128 Å². The fourth-order valence-corrected chi connectivity index (χ4v) is 23.3. The van der Waals surface area contributed by atoms with Crippen LogP contribution in [0.3, 0.4) is 0 Å². The summed E-state index contributed by atoms with van der Waals surface area (Å²) in [4.78, 5) is 18.1. The standard InChI is InChI=1S/C86H142N2O4Si2/c1-9-11-13-15-17-19-21-22-23-24-25-26-28-34-40-58-72-87(75-78-91-93(85(3,4)5,80-62-48-44-49-63-80)81-64-50-45-51-65-81)73-59-41-35-29-30-37-43-61-77-90-84(89)70-56-38-32-31-36-42-60-74-88(71-57-39-33-27-20-18-16-14-12-10-2)76-79-92-94(86(6,7)8,82-66-52-46-53-67-82)83-68-54-47-55-69-83/h17,19,22-23,44-55,62-69H,9-16,18,20-21,24-43,56-61,70-79H2,1-8H3/b19-17-,23-22-. The number of carbonyl (C=O) groups is 1. The minimum absolute atomic E-state index is 0.00367. The Kier molecular flexibility index (Phi) is 45.8. The van der Waals surface area contributed by atoms with Gasteiger partial charge in [0.15, 0.2) is 0 Å². The van der Waals surface area contributed by atoms with Crippen molar-refractivity contribution in [2.45, 2.75) is 309 Å². The second-order valence-electron chi connectivity index (χ2n) is 29.7. The van der Waals surface area contributed by atoms with E-state index in [1.807, 2.05) is 0 Å². The molecule has 0 heterocycles. The Balaban J connectivity index is 1.09. The summed E-state index contributed by atoms with van der Waals surface area (Å²) < 4.78 is 20.5. The van der Waals surface area contributed by atoms with E-state index in [1.165, 1.54) is 233 Å². The van der Waals surface area contributed by atoms with Crippen LogP contribution in [0.5, 0.6) is 0 Å². The van der Waals surface area contributed by atoms with Gasteiger partial charge in [0.25, 0.3) is 16.6 Å². The first-order valence-corrected chi connectivity index (χ1v) is 43.1. The maximum absolute atomic E-state index is 12.7. The number of hydrogen-bond acceptors (Lipinski definition) is 6. The number of benzene rings is 4. The molecular formula is C86H142N2O4Si2. The van der Waals surface area contributed by atoms with Gasteiger partial charge in [-0.1, -0.05) is 368 Å². The van der Waals surface area contributed by atoms with E-state index in [1.54, 1.807) is 0 Å². The molecule has 0 aromatic heterocycles. The molecule has 4 aromatic carbocycles. The summed E-state index contributed by atoms with van der Waals surface area (Å²) in [5.41, 5.74) is 0. The highest BCUT2D eigenvalue weighted by molar-refractivity contribution is 7.00. The Labute approximate surface area is 582 Å². The van der Waals surface area contributed by atoms with Gasteiger partial charge in [0.05, 0.1) is 6.61 Å². The first kappa shape index (κ1) is 82.5. The number of nitrogens with zero attached hydrogens (tertiary/aromatic N) is 2. The molecule has 0 radical (unpaired) electrons. The predicted octanol–water partition coefficient (Wildman–Crippen LogP) is 22.3. The van der Waals surface area contributed by atoms with Crippen molar-refractivity contribution in [2.24, 2.45) is 0 Å². The third-order valence-electron chi connectivity index (χ3n) is 19.8. The molecule has 6 nitrogen and oxygen atoms in total. The Hall–Kier alpha value is -3.90. The van der Waals surface area contributed by atoms with Crippen molar-refractivity contribution in [1.82, 2.24) is 9.80 Å². The molecule has 0 spiro atoms. The molecule has 0 bridgehead atoms. The van der Waals surface area contributed by atoms with E-state index < -0.39 is 16.6 Å². The molecule has 94 heavy (non-hydrogen) atoms. The topological polar surface area (TPSA) is 51.2 Å². The molecule has 0 unspecified atom stereocenters. The zero-order chi connectivity index (χ0) is 67.4. The van der Waals surface area contributed by atoms with Crippen molar-refractivity contribution in [3.63, 3.8) is 0 Å². The largest absolute Gasteiger partial charge is 0.466 e. The molecule has 0 atom stereocenters. The maximum atomic E-state index is 12.7. The van der Waals surface area contributed by atoms with E-state index in [9.17, 15) is 4.79 Å². The summed E-state index contributed by atoms with van der Waals surface area (Å²) in [7, 11) is -5.13. The average Bonchev–Trinajstić information content (AvgIpc) is 0.761. The highest BCUT2D eigenvalue weighted by atomic mass is 28.4. The lowest BCUT2D eigenvalue weighted by atomic mass is 10.1. The van der Waals surface area contributed by atoms with E-state index in [4.69, 9.17) is 13.6 Å². The van der Waals surface area contributed by atoms with Crippen LogP contribution >= 0.6 is 0 Å². The molecule has 0 aliphatic heterocycles. The Bertz CT molecular complexity index is 2360. The van der Waals surface area contributed by atoms with Crippen LogP contribution in [0.1, 0.15) is 299 Å². The number of hydrogen-bond donors (Lipinski definition) is 0. The van der Waals surface area contributed by atoms with Gasteiger partial charge in [0.2, 0.25) is 0 Å². The SMILES string of the molecule is CCCCC/C=C\C/C=C\CCCCCCCCN(CCCCCCCCCCOC(=O)CCCCCCCCCN(CCCCCCCCCCCC)CCO[Si](c1ccccc1)(c1ccccc1)C(C)(C)C)CCO[Si](c1ccccc1)(c1ccccc1)C(C)(C)C. The van der Waals surface area contributed by atoms with Crippen LogP contribution in [-0.4, -0.2) is 91.5 Å². The van der Waals surface area contributed by atoms with E-state index in [0.717, 1.165) is 78.0 Å². The second-order valence-corrected chi connectivity index (χ2v) is 38.4. The second kappa shape index (κ2) is 52.2. The van der Waals surface area contributed by atoms with Crippen molar-refractivity contribution in [3.8, 4) is 0 Å². The van der Waals surface area contributed by atoms with Gasteiger partial charge in [-0.25, -0.2) is 0 Å². The molecule has 0 aliphatic carbocycles. The van der Waals surface area contributed by atoms with Crippen molar-refractivity contribution < 1.29 is 18.4 Å². The molecule has 528 valence electrons. The number of unbranched alkanes of at least 4 members (excludes halogenated alkanes) is 31. The lowest BCUT2D eigenvalue weighted by Gasteiger charge is -2.43. The van der Waals surface area contributed by atoms with Gasteiger partial charge in [-0.15, -0.1) is 0 Å². The number of ether oxygens (including phenoxy) is 1. The minimum Gasteiger partial charge on any atom is -0.466 e. The number of carbonyl (C=O) groups excluding carboxylic acids is 1. The van der Waals surface area contributed by atoms with Gasteiger partial charge in [-0.3, -0.25) is 4.79 Å². The molecule has 8 heteroatoms. The summed E-state index contributed by atoms with van der Waals surface area (Å²) in [6.45, 7) is 27.6. The first-order valence-electron chi connectivity index (χ1n) is 39.3. The van der Waals surface area contributed by atoms with Crippen LogP contribution in [0.25, 0.3) is 0 Å². The molecule has 0 saturated carbocycles. The van der Waals surface area contributed by atoms with Crippen LogP contribution < -0.4 is 20.7 Å². The third-order valence-corrected chi connectivity index (χ3v) is 29.9. The highest BCUT2D eigenvalue weighted by Crippen LogP contribution is 2.38. The summed E-state index contributed by atoms with van der Waals surface area (Å²) >= 11 is 0. The Morgan fingerprint density at radius 3 is 0.936 bits per heavy atom. The first-order chi connectivity index (χ1) is 45.9. The number of allylic oxidation sites excluding steroid dienone is 4. The molecule has 0 fully saturated rings. The maximum Gasteiger partial charge on any atom is 0.305 e. The quantitative estimate of drug-likeness (QED) is 0.0190. The van der Waals surface area contributed by atoms with Crippen LogP contribution in [-0.2, 0) is 18.4 Å². The van der Waals surface area contributed by atoms with Crippen LogP contribution in [0.2, 0.25) is 10.1 Å². The van der Waals surface area contributed by atoms with Gasteiger partial charge in [0, 0.05) is 32.7 Å². The van der Waals surface area contributed by atoms with Crippen LogP contribution in [0.4, 0.5) is 0 Å². The predicted molar refractivity (Wildman–Crippen MR) is 416 cm³/mol. The average molecular weight is 1320 g/mol. The number of rotatable bonds is 59. The van der Waals surface area contributed by atoms with E-state index in [2.05, 4.69) is 211 Å². The fraction of sp³-hybridized carbons (Fsp3) is 0.663. The van der Waals surface area contributed by atoms with Crippen molar-refractivity contribution in [3.05, 3.63) is 146 Å². The smallest absolute Gasteiger partial charge is 0.305 e. The molecule has 0 amide bonds. The lowest BCUT2D eigenvalue weighted by molar-refractivity contribution is -0.143. The van der Waals surface area contributed by atoms with Crippen LogP contribution in [0.15, 0.2) is 146 Å². The zero-order valence-corrected chi connectivity index (χ0v) is 64.1. The Morgan fingerprint density at radius 2 is 0.606 bits per heavy atom. The van der Waals surface area contributed by atoms with Crippen LogP contribution in [0, 0.1) is 0 Å². The minimum atomic E-state index is -2.57. The van der Waals surface area contributed by atoms with Gasteiger partial charge in [0.1, 0.15) is 0 Å². The zero-order valence-electron chi connectivity index (χ0n) is 62.1. The fourth-order valence-electron chi connectivity index (χ4n) is 14.2. The third kappa shape index (κ3) is 34.1. The van der Waals surface area contributed by atoms with E-state index >= 15 is 0 Å². The molecule has 0 aliphatic rings. The molecule has 4 rings (SSSR count). The Morgan fingerprint density at radius 1 is 0.330 bits per heavy atom. The lowest BCUT2D eigenvalue weighted by Crippen LogP contribution is -2.67. The van der Waals surface area contributed by atoms with Gasteiger partial charge >= 0.3 is 5.97 Å². The molecule has 4 aromatic rings. The van der Waals surface area contributed by atoms with Gasteiger partial charge in [-0.2, -0.15) is 0 Å². The van der Waals surface area contributed by atoms with E-state index in [0.29, 0.717) is 13.0 Å².